The second-order valence-corrected chi connectivity index (χ2v) is 8.78. The maximum absolute atomic E-state index is 6.46. The van der Waals surface area contributed by atoms with Crippen LogP contribution in [0, 0.1) is 11.3 Å². The van der Waals surface area contributed by atoms with E-state index in [1.165, 1.54) is 0 Å². The molecular weight excluding hydrogens is 372 g/mol. The van der Waals surface area contributed by atoms with Gasteiger partial charge < -0.3 is 9.47 Å². The molecule has 5 atom stereocenters. The summed E-state index contributed by atoms with van der Waals surface area (Å²) in [6.45, 7) is 9.15. The van der Waals surface area contributed by atoms with Crippen LogP contribution in [0.1, 0.15) is 47.0 Å². The molecule has 3 aliphatic rings. The zero-order valence-electron chi connectivity index (χ0n) is 12.0. The Bertz CT molecular complexity index is 434. The van der Waals surface area contributed by atoms with E-state index in [0.717, 1.165) is 25.0 Å². The highest BCUT2D eigenvalue weighted by Gasteiger charge is 2.65. The topological polar surface area (TPSA) is 21.8 Å². The lowest BCUT2D eigenvalue weighted by molar-refractivity contribution is -0.112. The summed E-state index contributed by atoms with van der Waals surface area (Å²) in [7, 11) is 0. The molecule has 108 valence electrons. The molecule has 2 nitrogen and oxygen atoms in total. The van der Waals surface area contributed by atoms with E-state index in [1.54, 1.807) is 0 Å². The fourth-order valence-electron chi connectivity index (χ4n) is 4.09. The van der Waals surface area contributed by atoms with Gasteiger partial charge in [-0.05, 0) is 38.5 Å². The molecule has 0 N–H and O–H groups in total. The Morgan fingerprint density at radius 2 is 1.95 bits per heavy atom. The summed E-state index contributed by atoms with van der Waals surface area (Å²) in [5.41, 5.74) is -0.0590. The van der Waals surface area contributed by atoms with Crippen LogP contribution in [0.15, 0.2) is 10.7 Å². The van der Waals surface area contributed by atoms with E-state index >= 15 is 0 Å². The van der Waals surface area contributed by atoms with Crippen LogP contribution in [-0.2, 0) is 9.47 Å². The van der Waals surface area contributed by atoms with Crippen molar-refractivity contribution in [1.82, 2.24) is 0 Å². The molecule has 0 radical (unpaired) electrons. The fourth-order valence-corrected chi connectivity index (χ4v) is 5.18. The third-order valence-electron chi connectivity index (χ3n) is 5.66. The number of alkyl halides is 1. The first-order valence-electron chi connectivity index (χ1n) is 7.06. The molecule has 3 fully saturated rings. The molecule has 0 unspecified atom stereocenters. The smallest absolute Gasteiger partial charge is 0.149 e. The predicted octanol–water partition coefficient (Wildman–Crippen LogP) is 4.76. The first-order chi connectivity index (χ1) is 8.74. The molecule has 0 aromatic rings. The Hall–Kier alpha value is 0.460. The standard InChI is InChI=1S/C15H22Br2O2/c1-13(2)9-7-11-15(4,19-11)12(8-16)18-14(9,3)6-5-10(13)17/h8-11H,5-7H2,1-4H3/b12-8+/t9-,10-,11+,14-,15+/m1/s1. The number of rotatable bonds is 0. The molecule has 19 heavy (non-hydrogen) atoms. The summed E-state index contributed by atoms with van der Waals surface area (Å²) >= 11 is 7.33. The zero-order valence-corrected chi connectivity index (χ0v) is 15.2. The van der Waals surface area contributed by atoms with Gasteiger partial charge in [-0.1, -0.05) is 45.7 Å². The van der Waals surface area contributed by atoms with E-state index in [9.17, 15) is 0 Å². The van der Waals surface area contributed by atoms with Gasteiger partial charge in [-0.2, -0.15) is 0 Å². The molecule has 1 saturated carbocycles. The van der Waals surface area contributed by atoms with Crippen molar-refractivity contribution in [1.29, 1.82) is 0 Å². The van der Waals surface area contributed by atoms with Crippen LogP contribution < -0.4 is 0 Å². The summed E-state index contributed by atoms with van der Waals surface area (Å²) in [4.78, 5) is 2.47. The van der Waals surface area contributed by atoms with Crippen LogP contribution in [0.4, 0.5) is 0 Å². The largest absolute Gasteiger partial charge is 0.488 e. The number of epoxide rings is 1. The van der Waals surface area contributed by atoms with Crippen molar-refractivity contribution < 1.29 is 9.47 Å². The molecule has 4 heteroatoms. The van der Waals surface area contributed by atoms with Crippen LogP contribution >= 0.6 is 31.9 Å². The maximum atomic E-state index is 6.46. The Labute approximate surface area is 132 Å². The second kappa shape index (κ2) is 4.23. The molecular formula is C15H22Br2O2. The van der Waals surface area contributed by atoms with Gasteiger partial charge in [0, 0.05) is 15.7 Å². The monoisotopic (exact) mass is 392 g/mol. The normalized spacial score (nSPS) is 53.8. The van der Waals surface area contributed by atoms with Crippen LogP contribution in [0.3, 0.4) is 0 Å². The Morgan fingerprint density at radius 3 is 2.58 bits per heavy atom. The first-order valence-corrected chi connectivity index (χ1v) is 8.89. The van der Waals surface area contributed by atoms with E-state index < -0.39 is 0 Å². The highest BCUT2D eigenvalue weighted by atomic mass is 79.9. The maximum Gasteiger partial charge on any atom is 0.149 e. The molecule has 0 amide bonds. The highest BCUT2D eigenvalue weighted by Crippen LogP contribution is 2.60. The van der Waals surface area contributed by atoms with E-state index in [0.29, 0.717) is 16.8 Å². The average molecular weight is 394 g/mol. The van der Waals surface area contributed by atoms with Crippen molar-refractivity contribution in [2.45, 2.75) is 69.1 Å². The fraction of sp³-hybridized carbons (Fsp3) is 0.867. The van der Waals surface area contributed by atoms with Crippen molar-refractivity contribution in [3.63, 3.8) is 0 Å². The molecule has 2 aliphatic heterocycles. The van der Waals surface area contributed by atoms with Gasteiger partial charge in [0.2, 0.25) is 0 Å². The summed E-state index contributed by atoms with van der Waals surface area (Å²) in [6.07, 6.45) is 3.66. The molecule has 0 spiro atoms. The first kappa shape index (κ1) is 14.4. The predicted molar refractivity (Wildman–Crippen MR) is 83.6 cm³/mol. The Kier molecular flexibility index (Phi) is 3.21. The second-order valence-electron chi connectivity index (χ2n) is 7.22. The molecule has 2 saturated heterocycles. The number of hydrogen-bond acceptors (Lipinski definition) is 2. The van der Waals surface area contributed by atoms with Crippen molar-refractivity contribution in [3.05, 3.63) is 10.7 Å². The number of ether oxygens (including phenoxy) is 2. The van der Waals surface area contributed by atoms with Gasteiger partial charge in [-0.25, -0.2) is 0 Å². The van der Waals surface area contributed by atoms with Crippen molar-refractivity contribution >= 4 is 31.9 Å². The van der Waals surface area contributed by atoms with Gasteiger partial charge in [0.25, 0.3) is 0 Å². The molecule has 2 heterocycles. The lowest BCUT2D eigenvalue weighted by Gasteiger charge is -2.52. The lowest BCUT2D eigenvalue weighted by atomic mass is 9.60. The van der Waals surface area contributed by atoms with Gasteiger partial charge in [0.1, 0.15) is 17.0 Å². The summed E-state index contributed by atoms with van der Waals surface area (Å²) < 4.78 is 12.4. The van der Waals surface area contributed by atoms with Gasteiger partial charge in [0.05, 0.1) is 6.10 Å². The van der Waals surface area contributed by atoms with Crippen LogP contribution in [0.5, 0.6) is 0 Å². The lowest BCUT2D eigenvalue weighted by Crippen LogP contribution is -2.53. The number of halogens is 2. The third kappa shape index (κ3) is 1.96. The summed E-state index contributed by atoms with van der Waals surface area (Å²) in [5.74, 6) is 1.47. The SMILES string of the molecule is CC1(C)[C@H](Br)CC[C@@]2(C)O/C(=C/Br)[C@@]3(C)O[C@H]3C[C@H]12. The van der Waals surface area contributed by atoms with Crippen LogP contribution in [0.2, 0.25) is 0 Å². The molecule has 0 aromatic carbocycles. The molecule has 3 rings (SSSR count). The molecule has 1 aliphatic carbocycles. The van der Waals surface area contributed by atoms with Crippen molar-refractivity contribution in [2.75, 3.05) is 0 Å². The van der Waals surface area contributed by atoms with Gasteiger partial charge in [-0.15, -0.1) is 0 Å². The van der Waals surface area contributed by atoms with Crippen molar-refractivity contribution in [2.24, 2.45) is 11.3 Å². The number of hydrogen-bond donors (Lipinski definition) is 0. The van der Waals surface area contributed by atoms with Crippen molar-refractivity contribution in [3.8, 4) is 0 Å². The van der Waals surface area contributed by atoms with Gasteiger partial charge in [-0.3, -0.25) is 0 Å². The molecule has 0 aromatic heterocycles. The van der Waals surface area contributed by atoms with E-state index in [2.05, 4.69) is 59.6 Å². The third-order valence-corrected chi connectivity index (χ3v) is 7.72. The van der Waals surface area contributed by atoms with Crippen LogP contribution in [-0.4, -0.2) is 22.1 Å². The van der Waals surface area contributed by atoms with Gasteiger partial charge in [0.15, 0.2) is 0 Å². The minimum atomic E-state index is -0.207. The summed E-state index contributed by atoms with van der Waals surface area (Å²) in [6, 6.07) is 0. The summed E-state index contributed by atoms with van der Waals surface area (Å²) in [5, 5.41) is 0. The Morgan fingerprint density at radius 1 is 1.26 bits per heavy atom. The van der Waals surface area contributed by atoms with Gasteiger partial charge >= 0.3 is 0 Å². The average Bonchev–Trinajstić information content (AvgIpc) is 3.00. The van der Waals surface area contributed by atoms with E-state index in [1.807, 2.05) is 4.99 Å². The quantitative estimate of drug-likeness (QED) is 0.437. The highest BCUT2D eigenvalue weighted by molar-refractivity contribution is 9.11. The van der Waals surface area contributed by atoms with E-state index in [-0.39, 0.29) is 16.6 Å². The Balaban J connectivity index is 2.00. The number of fused-ring (bicyclic) bond motifs is 2. The minimum absolute atomic E-state index is 0.0762. The zero-order chi connectivity index (χ0) is 14.1. The van der Waals surface area contributed by atoms with E-state index in [4.69, 9.17) is 9.47 Å². The van der Waals surface area contributed by atoms with Crippen LogP contribution in [0.25, 0.3) is 0 Å². The minimum Gasteiger partial charge on any atom is -0.488 e. The molecule has 0 bridgehead atoms.